The van der Waals surface area contributed by atoms with E-state index in [-0.39, 0.29) is 5.91 Å². The van der Waals surface area contributed by atoms with Crippen LogP contribution in [0, 0.1) is 0 Å². The number of anilines is 1. The Morgan fingerprint density at radius 2 is 2.00 bits per heavy atom. The number of hydrogen-bond donors (Lipinski definition) is 3. The summed E-state index contributed by atoms with van der Waals surface area (Å²) in [5.74, 6) is 0.430. The molecule has 3 N–H and O–H groups in total. The predicted molar refractivity (Wildman–Crippen MR) is 77.9 cm³/mol. The molecule has 1 aromatic rings. The largest absolute Gasteiger partial charge is 0.477 e. The second kappa shape index (κ2) is 4.98. The highest BCUT2D eigenvalue weighted by atomic mass is 16.5. The van der Waals surface area contributed by atoms with Crippen molar-refractivity contribution in [1.82, 2.24) is 5.32 Å². The van der Waals surface area contributed by atoms with Gasteiger partial charge in [0.25, 0.3) is 5.91 Å². The number of carbonyl (C=O) groups excluding carboxylic acids is 1. The Balaban J connectivity index is 2.06. The lowest BCUT2D eigenvalue weighted by atomic mass is 9.86. The molecule has 0 aromatic heterocycles. The summed E-state index contributed by atoms with van der Waals surface area (Å²) < 4.78 is 5.70. The van der Waals surface area contributed by atoms with Gasteiger partial charge in [0, 0.05) is 0 Å². The molecule has 1 heterocycles. The Morgan fingerprint density at radius 1 is 1.35 bits per heavy atom. The van der Waals surface area contributed by atoms with Crippen LogP contribution in [0.1, 0.15) is 27.7 Å². The molecule has 1 atom stereocenters. The molecule has 0 aliphatic carbocycles. The van der Waals surface area contributed by atoms with E-state index in [1.807, 2.05) is 24.3 Å². The summed E-state index contributed by atoms with van der Waals surface area (Å²) in [4.78, 5) is 12.3. The van der Waals surface area contributed by atoms with E-state index in [2.05, 4.69) is 10.6 Å². The summed E-state index contributed by atoms with van der Waals surface area (Å²) in [5.41, 5.74) is -0.883. The van der Waals surface area contributed by atoms with E-state index in [1.54, 1.807) is 27.7 Å². The number of nitrogens with one attached hydrogen (secondary N) is 2. The molecule has 5 heteroatoms. The van der Waals surface area contributed by atoms with Crippen LogP contribution in [0.5, 0.6) is 5.75 Å². The van der Waals surface area contributed by atoms with Crippen LogP contribution >= 0.6 is 0 Å². The molecular formula is C15H22N2O3. The highest BCUT2D eigenvalue weighted by Gasteiger charge is 2.38. The molecule has 20 heavy (non-hydrogen) atoms. The first kappa shape index (κ1) is 14.7. The molecule has 1 aliphatic rings. The van der Waals surface area contributed by atoms with Gasteiger partial charge in [-0.15, -0.1) is 0 Å². The van der Waals surface area contributed by atoms with Gasteiger partial charge in [-0.1, -0.05) is 12.1 Å². The van der Waals surface area contributed by atoms with Crippen LogP contribution in [0.25, 0.3) is 0 Å². The van der Waals surface area contributed by atoms with Gasteiger partial charge in [-0.05, 0) is 39.8 Å². The van der Waals surface area contributed by atoms with Crippen molar-refractivity contribution in [3.8, 4) is 5.75 Å². The highest BCUT2D eigenvalue weighted by molar-refractivity contribution is 5.83. The molecule has 0 radical (unpaired) electrons. The van der Waals surface area contributed by atoms with Crippen LogP contribution in [0.2, 0.25) is 0 Å². The van der Waals surface area contributed by atoms with Gasteiger partial charge in [-0.3, -0.25) is 4.79 Å². The SMILES string of the molecule is CC(C)(O)C(C)(C)NC(=O)C1CNc2ccccc2O1. The second-order valence-electron chi connectivity index (χ2n) is 6.16. The zero-order valence-electron chi connectivity index (χ0n) is 12.4. The lowest BCUT2D eigenvalue weighted by molar-refractivity contribution is -0.132. The van der Waals surface area contributed by atoms with Gasteiger partial charge in [0.05, 0.1) is 23.4 Å². The average Bonchev–Trinajstić information content (AvgIpc) is 2.36. The second-order valence-corrected chi connectivity index (χ2v) is 6.16. The van der Waals surface area contributed by atoms with E-state index in [0.29, 0.717) is 12.3 Å². The molecule has 1 aromatic carbocycles. The Labute approximate surface area is 119 Å². The fourth-order valence-electron chi connectivity index (χ4n) is 1.80. The maximum atomic E-state index is 12.3. The van der Waals surface area contributed by atoms with E-state index in [0.717, 1.165) is 5.69 Å². The Morgan fingerprint density at radius 3 is 2.65 bits per heavy atom. The van der Waals surface area contributed by atoms with Crippen LogP contribution in [-0.2, 0) is 4.79 Å². The number of fused-ring (bicyclic) bond motifs is 1. The fraction of sp³-hybridized carbons (Fsp3) is 0.533. The van der Waals surface area contributed by atoms with Crippen molar-refractivity contribution in [2.45, 2.75) is 44.9 Å². The van der Waals surface area contributed by atoms with Crippen molar-refractivity contribution in [2.24, 2.45) is 0 Å². The van der Waals surface area contributed by atoms with Crippen molar-refractivity contribution in [2.75, 3.05) is 11.9 Å². The maximum Gasteiger partial charge on any atom is 0.263 e. The van der Waals surface area contributed by atoms with E-state index in [1.165, 1.54) is 0 Å². The van der Waals surface area contributed by atoms with Gasteiger partial charge < -0.3 is 20.5 Å². The van der Waals surface area contributed by atoms with Gasteiger partial charge in [0.15, 0.2) is 6.10 Å². The van der Waals surface area contributed by atoms with Crippen LogP contribution in [0.4, 0.5) is 5.69 Å². The lowest BCUT2D eigenvalue weighted by Crippen LogP contribution is -2.61. The molecule has 0 spiro atoms. The van der Waals surface area contributed by atoms with Crippen molar-refractivity contribution < 1.29 is 14.6 Å². The number of amides is 1. The summed E-state index contributed by atoms with van der Waals surface area (Å²) in [6.07, 6.45) is -0.605. The van der Waals surface area contributed by atoms with Crippen LogP contribution in [0.3, 0.4) is 0 Å². The first-order valence-electron chi connectivity index (χ1n) is 6.75. The molecule has 0 fully saturated rings. The Kier molecular flexibility index (Phi) is 3.65. The number of benzene rings is 1. The van der Waals surface area contributed by atoms with E-state index < -0.39 is 17.2 Å². The lowest BCUT2D eigenvalue weighted by Gasteiger charge is -2.39. The number of hydrogen-bond acceptors (Lipinski definition) is 4. The molecule has 5 nitrogen and oxygen atoms in total. The van der Waals surface area contributed by atoms with E-state index in [9.17, 15) is 9.90 Å². The number of para-hydroxylation sites is 2. The summed E-state index contributed by atoms with van der Waals surface area (Å²) in [6, 6.07) is 7.50. The molecule has 1 amide bonds. The minimum Gasteiger partial charge on any atom is -0.477 e. The summed E-state index contributed by atoms with van der Waals surface area (Å²) in [6.45, 7) is 7.32. The van der Waals surface area contributed by atoms with Gasteiger partial charge >= 0.3 is 0 Å². The Bertz CT molecular complexity index is 506. The van der Waals surface area contributed by atoms with Gasteiger partial charge in [0.1, 0.15) is 5.75 Å². The van der Waals surface area contributed by atoms with Gasteiger partial charge in [-0.25, -0.2) is 0 Å². The zero-order valence-corrected chi connectivity index (χ0v) is 12.4. The molecule has 2 rings (SSSR count). The molecule has 0 bridgehead atoms. The van der Waals surface area contributed by atoms with Gasteiger partial charge in [0.2, 0.25) is 0 Å². The average molecular weight is 278 g/mol. The fourth-order valence-corrected chi connectivity index (χ4v) is 1.80. The third kappa shape index (κ3) is 2.88. The van der Waals surface area contributed by atoms with Crippen LogP contribution < -0.4 is 15.4 Å². The number of ether oxygens (including phenoxy) is 1. The van der Waals surface area contributed by atoms with Crippen molar-refractivity contribution in [1.29, 1.82) is 0 Å². The normalized spacial score (nSPS) is 18.6. The number of aliphatic hydroxyl groups is 1. The first-order valence-corrected chi connectivity index (χ1v) is 6.75. The van der Waals surface area contributed by atoms with Crippen molar-refractivity contribution >= 4 is 11.6 Å². The van der Waals surface area contributed by atoms with Crippen molar-refractivity contribution in [3.63, 3.8) is 0 Å². The van der Waals surface area contributed by atoms with E-state index in [4.69, 9.17) is 4.74 Å². The third-order valence-corrected chi connectivity index (χ3v) is 3.89. The smallest absolute Gasteiger partial charge is 0.263 e. The maximum absolute atomic E-state index is 12.3. The van der Waals surface area contributed by atoms with Crippen LogP contribution in [0.15, 0.2) is 24.3 Å². The van der Waals surface area contributed by atoms with E-state index >= 15 is 0 Å². The minimum absolute atomic E-state index is 0.237. The quantitative estimate of drug-likeness (QED) is 0.784. The summed E-state index contributed by atoms with van der Waals surface area (Å²) >= 11 is 0. The number of rotatable bonds is 3. The molecular weight excluding hydrogens is 256 g/mol. The monoisotopic (exact) mass is 278 g/mol. The predicted octanol–water partition coefficient (Wildman–Crippen LogP) is 1.53. The molecule has 0 saturated carbocycles. The molecule has 1 unspecified atom stereocenters. The Hall–Kier alpha value is -1.75. The third-order valence-electron chi connectivity index (χ3n) is 3.89. The summed E-state index contributed by atoms with van der Waals surface area (Å²) in [5, 5.41) is 16.1. The molecule has 110 valence electrons. The standard InChI is InChI=1S/C15H22N2O3/c1-14(2,15(3,4)19)17-13(18)12-9-16-10-7-5-6-8-11(10)20-12/h5-8,12,16,19H,9H2,1-4H3,(H,17,18). The first-order chi connectivity index (χ1) is 9.21. The van der Waals surface area contributed by atoms with Crippen molar-refractivity contribution in [3.05, 3.63) is 24.3 Å². The van der Waals surface area contributed by atoms with Crippen LogP contribution in [-0.4, -0.2) is 34.8 Å². The van der Waals surface area contributed by atoms with Gasteiger partial charge in [-0.2, -0.15) is 0 Å². The molecule has 1 aliphatic heterocycles. The highest BCUT2D eigenvalue weighted by Crippen LogP contribution is 2.28. The summed E-state index contributed by atoms with van der Waals surface area (Å²) in [7, 11) is 0. The zero-order chi connectivity index (χ0) is 15.0. The topological polar surface area (TPSA) is 70.6 Å². The molecule has 0 saturated heterocycles. The number of carbonyl (C=O) groups is 1. The minimum atomic E-state index is -1.03.